The minimum Gasteiger partial charge on any atom is -0.469 e. The van der Waals surface area contributed by atoms with Gasteiger partial charge in [-0.2, -0.15) is 0 Å². The van der Waals surface area contributed by atoms with Gasteiger partial charge in [-0.3, -0.25) is 0 Å². The van der Waals surface area contributed by atoms with Crippen molar-refractivity contribution >= 4 is 0 Å². The molecule has 1 fully saturated rings. The normalized spacial score (nSPS) is 19.7. The van der Waals surface area contributed by atoms with Gasteiger partial charge in [-0.1, -0.05) is 6.92 Å². The van der Waals surface area contributed by atoms with Crippen LogP contribution in [0.1, 0.15) is 45.3 Å². The molecule has 0 amide bonds. The Kier molecular flexibility index (Phi) is 5.93. The van der Waals surface area contributed by atoms with Crippen LogP contribution in [0.5, 0.6) is 0 Å². The van der Waals surface area contributed by atoms with Crippen LogP contribution in [-0.2, 0) is 6.42 Å². The number of hydrogen-bond acceptors (Lipinski definition) is 3. The molecule has 1 atom stereocenters. The fourth-order valence-corrected chi connectivity index (χ4v) is 2.94. The third-order valence-electron chi connectivity index (χ3n) is 4.05. The van der Waals surface area contributed by atoms with Crippen molar-refractivity contribution in [2.45, 2.75) is 58.0 Å². The second kappa shape index (κ2) is 7.71. The molecule has 2 heterocycles. The van der Waals surface area contributed by atoms with Gasteiger partial charge in [0.05, 0.1) is 6.26 Å². The largest absolute Gasteiger partial charge is 0.469 e. The highest BCUT2D eigenvalue weighted by atomic mass is 16.3. The summed E-state index contributed by atoms with van der Waals surface area (Å²) < 4.78 is 5.38. The lowest BCUT2D eigenvalue weighted by Gasteiger charge is -2.33. The number of likely N-dealkylation sites (tertiary alicyclic amines) is 1. The molecule has 0 aromatic carbocycles. The van der Waals surface area contributed by atoms with Crippen LogP contribution in [0.15, 0.2) is 22.8 Å². The second-order valence-corrected chi connectivity index (χ2v) is 5.80. The van der Waals surface area contributed by atoms with Gasteiger partial charge in [0.2, 0.25) is 0 Å². The van der Waals surface area contributed by atoms with Crippen LogP contribution in [-0.4, -0.2) is 36.6 Å². The summed E-state index contributed by atoms with van der Waals surface area (Å²) in [6.45, 7) is 8.34. The molecule has 0 radical (unpaired) electrons. The molecule has 1 N–H and O–H groups in total. The van der Waals surface area contributed by atoms with E-state index < -0.39 is 0 Å². The van der Waals surface area contributed by atoms with Gasteiger partial charge in [-0.25, -0.2) is 0 Å². The number of aryl methyl sites for hydroxylation is 1. The first-order chi connectivity index (χ1) is 9.28. The van der Waals surface area contributed by atoms with Gasteiger partial charge in [0, 0.05) is 18.5 Å². The predicted octanol–water partition coefficient (Wildman–Crippen LogP) is 3.06. The van der Waals surface area contributed by atoms with Crippen LogP contribution in [0, 0.1) is 0 Å². The summed E-state index contributed by atoms with van der Waals surface area (Å²) in [5.41, 5.74) is 0. The summed E-state index contributed by atoms with van der Waals surface area (Å²) in [6.07, 6.45) is 7.82. The smallest absolute Gasteiger partial charge is 0.103 e. The third kappa shape index (κ3) is 5.00. The van der Waals surface area contributed by atoms with E-state index in [2.05, 4.69) is 30.1 Å². The monoisotopic (exact) mass is 264 g/mol. The van der Waals surface area contributed by atoms with E-state index in [-0.39, 0.29) is 0 Å². The molecule has 1 unspecified atom stereocenters. The highest BCUT2D eigenvalue weighted by Crippen LogP contribution is 2.13. The number of piperidine rings is 1. The van der Waals surface area contributed by atoms with Gasteiger partial charge < -0.3 is 14.6 Å². The molecule has 0 aliphatic carbocycles. The van der Waals surface area contributed by atoms with Crippen molar-refractivity contribution in [2.24, 2.45) is 0 Å². The molecule has 1 aromatic rings. The summed E-state index contributed by atoms with van der Waals surface area (Å²) in [6, 6.07) is 5.32. The van der Waals surface area contributed by atoms with Crippen LogP contribution in [0.25, 0.3) is 0 Å². The summed E-state index contributed by atoms with van der Waals surface area (Å²) in [5, 5.41) is 3.78. The highest BCUT2D eigenvalue weighted by Gasteiger charge is 2.19. The van der Waals surface area contributed by atoms with Crippen LogP contribution in [0.4, 0.5) is 0 Å². The molecule has 19 heavy (non-hydrogen) atoms. The van der Waals surface area contributed by atoms with Crippen molar-refractivity contribution in [1.29, 1.82) is 0 Å². The Morgan fingerprint density at radius 2 is 2.21 bits per heavy atom. The molecule has 0 bridgehead atoms. The van der Waals surface area contributed by atoms with Gasteiger partial charge in [-0.15, -0.1) is 0 Å². The van der Waals surface area contributed by atoms with E-state index in [0.717, 1.165) is 18.6 Å². The molecule has 3 nitrogen and oxygen atoms in total. The Hall–Kier alpha value is -0.800. The molecule has 1 aliphatic rings. The van der Waals surface area contributed by atoms with Crippen molar-refractivity contribution in [3.05, 3.63) is 24.2 Å². The molecular formula is C16H28N2O. The lowest BCUT2D eigenvalue weighted by molar-refractivity contribution is 0.191. The summed E-state index contributed by atoms with van der Waals surface area (Å²) in [7, 11) is 0. The van der Waals surface area contributed by atoms with Crippen molar-refractivity contribution < 1.29 is 4.42 Å². The Bertz CT molecular complexity index is 329. The average Bonchev–Trinajstić information content (AvgIpc) is 2.92. The van der Waals surface area contributed by atoms with Crippen molar-refractivity contribution in [2.75, 3.05) is 19.6 Å². The zero-order valence-electron chi connectivity index (χ0n) is 12.4. The van der Waals surface area contributed by atoms with E-state index >= 15 is 0 Å². The molecule has 3 heteroatoms. The third-order valence-corrected chi connectivity index (χ3v) is 4.05. The van der Waals surface area contributed by atoms with Gasteiger partial charge in [0.1, 0.15) is 5.76 Å². The molecule has 108 valence electrons. The lowest BCUT2D eigenvalue weighted by Crippen LogP contribution is -2.45. The number of furan rings is 1. The van der Waals surface area contributed by atoms with E-state index in [1.54, 1.807) is 6.26 Å². The first-order valence-electron chi connectivity index (χ1n) is 7.78. The molecule has 2 rings (SSSR count). The molecule has 0 saturated carbocycles. The summed E-state index contributed by atoms with van der Waals surface area (Å²) >= 11 is 0. The maximum atomic E-state index is 5.38. The Labute approximate surface area is 117 Å². The zero-order chi connectivity index (χ0) is 13.5. The Morgan fingerprint density at radius 3 is 2.84 bits per heavy atom. The van der Waals surface area contributed by atoms with Gasteiger partial charge in [-0.05, 0) is 64.4 Å². The fourth-order valence-electron chi connectivity index (χ4n) is 2.94. The van der Waals surface area contributed by atoms with Crippen LogP contribution >= 0.6 is 0 Å². The molecule has 1 aromatic heterocycles. The summed E-state index contributed by atoms with van der Waals surface area (Å²) in [4.78, 5) is 2.59. The highest BCUT2D eigenvalue weighted by molar-refractivity contribution is 4.98. The van der Waals surface area contributed by atoms with Gasteiger partial charge in [0.25, 0.3) is 0 Å². The standard InChI is InChI=1S/C16H28N2O/c1-3-10-18-11-8-15(9-12-18)17-14(2)6-7-16-5-4-13-19-16/h4-5,13-15,17H,3,6-12H2,1-2H3. The second-order valence-electron chi connectivity index (χ2n) is 5.80. The number of nitrogens with one attached hydrogen (secondary N) is 1. The van der Waals surface area contributed by atoms with Crippen molar-refractivity contribution in [3.63, 3.8) is 0 Å². The van der Waals surface area contributed by atoms with E-state index in [4.69, 9.17) is 4.42 Å². The number of nitrogens with zero attached hydrogens (tertiary/aromatic N) is 1. The first-order valence-corrected chi connectivity index (χ1v) is 7.78. The minimum absolute atomic E-state index is 0.577. The topological polar surface area (TPSA) is 28.4 Å². The predicted molar refractivity (Wildman–Crippen MR) is 79.4 cm³/mol. The van der Waals surface area contributed by atoms with E-state index in [1.165, 1.54) is 38.9 Å². The number of rotatable bonds is 7. The van der Waals surface area contributed by atoms with E-state index in [0.29, 0.717) is 12.1 Å². The van der Waals surface area contributed by atoms with Gasteiger partial charge >= 0.3 is 0 Å². The zero-order valence-corrected chi connectivity index (χ0v) is 12.4. The van der Waals surface area contributed by atoms with Crippen molar-refractivity contribution in [1.82, 2.24) is 10.2 Å². The fraction of sp³-hybridized carbons (Fsp3) is 0.750. The summed E-state index contributed by atoms with van der Waals surface area (Å²) in [5.74, 6) is 1.10. The maximum Gasteiger partial charge on any atom is 0.103 e. The molecule has 1 saturated heterocycles. The van der Waals surface area contributed by atoms with E-state index in [1.807, 2.05) is 6.07 Å². The number of hydrogen-bond donors (Lipinski definition) is 1. The van der Waals surface area contributed by atoms with E-state index in [9.17, 15) is 0 Å². The van der Waals surface area contributed by atoms with Crippen molar-refractivity contribution in [3.8, 4) is 0 Å². The van der Waals surface area contributed by atoms with Crippen LogP contribution in [0.2, 0.25) is 0 Å². The maximum absolute atomic E-state index is 5.38. The minimum atomic E-state index is 0.577. The lowest BCUT2D eigenvalue weighted by atomic mass is 10.0. The van der Waals surface area contributed by atoms with Crippen LogP contribution in [0.3, 0.4) is 0 Å². The first kappa shape index (κ1) is 14.6. The quantitative estimate of drug-likeness (QED) is 0.820. The van der Waals surface area contributed by atoms with Gasteiger partial charge in [0.15, 0.2) is 0 Å². The molecular weight excluding hydrogens is 236 g/mol. The SMILES string of the molecule is CCCN1CCC(NC(C)CCc2ccco2)CC1. The molecule has 1 aliphatic heterocycles. The molecule has 0 spiro atoms. The van der Waals surface area contributed by atoms with Crippen LogP contribution < -0.4 is 5.32 Å². The Balaban J connectivity index is 1.62. The average molecular weight is 264 g/mol. The Morgan fingerprint density at radius 1 is 1.42 bits per heavy atom.